The summed E-state index contributed by atoms with van der Waals surface area (Å²) in [6.07, 6.45) is 1.95. The summed E-state index contributed by atoms with van der Waals surface area (Å²) in [5, 5.41) is 1.29. The Balaban J connectivity index is 1.35. The van der Waals surface area contributed by atoms with Crippen LogP contribution < -0.4 is 10.3 Å². The standard InChI is InChI=1S/C23H22ClFN2O2/c1-15(18-3-2-17-4-7-23(28)26-21(17)12-18)27-10-8-16(9-11-27)14-29-22-6-5-19(25)13-20(22)24/h2-7,12-13,16H,1,8-11,14H2,(H,26,28). The van der Waals surface area contributed by atoms with E-state index in [1.54, 1.807) is 6.07 Å². The van der Waals surface area contributed by atoms with Crippen LogP contribution in [0.25, 0.3) is 16.6 Å². The van der Waals surface area contributed by atoms with Gasteiger partial charge in [0, 0.05) is 30.4 Å². The van der Waals surface area contributed by atoms with Gasteiger partial charge in [-0.1, -0.05) is 30.3 Å². The van der Waals surface area contributed by atoms with Crippen molar-refractivity contribution < 1.29 is 9.13 Å². The number of hydrogen-bond acceptors (Lipinski definition) is 3. The molecule has 0 radical (unpaired) electrons. The van der Waals surface area contributed by atoms with Crippen LogP contribution in [-0.2, 0) is 0 Å². The fraction of sp³-hybridized carbons (Fsp3) is 0.261. The Morgan fingerprint density at radius 3 is 2.69 bits per heavy atom. The minimum absolute atomic E-state index is 0.109. The van der Waals surface area contributed by atoms with Gasteiger partial charge < -0.3 is 14.6 Å². The largest absolute Gasteiger partial charge is 0.492 e. The van der Waals surface area contributed by atoms with E-state index in [2.05, 4.69) is 16.5 Å². The molecular formula is C23H22ClFN2O2. The average Bonchev–Trinajstić information content (AvgIpc) is 2.72. The number of fused-ring (bicyclic) bond motifs is 1. The van der Waals surface area contributed by atoms with E-state index in [9.17, 15) is 9.18 Å². The van der Waals surface area contributed by atoms with Crippen molar-refractivity contribution >= 4 is 28.2 Å². The number of rotatable bonds is 5. The van der Waals surface area contributed by atoms with Gasteiger partial charge in [0.2, 0.25) is 5.56 Å². The molecule has 0 amide bonds. The fourth-order valence-corrected chi connectivity index (χ4v) is 3.90. The first-order valence-corrected chi connectivity index (χ1v) is 10.0. The van der Waals surface area contributed by atoms with Gasteiger partial charge in [-0.2, -0.15) is 0 Å². The molecule has 1 aliphatic heterocycles. The molecule has 4 rings (SSSR count). The molecular weight excluding hydrogens is 391 g/mol. The Morgan fingerprint density at radius 1 is 1.17 bits per heavy atom. The smallest absolute Gasteiger partial charge is 0.248 e. The van der Waals surface area contributed by atoms with E-state index in [0.717, 1.165) is 48.1 Å². The number of piperidine rings is 1. The molecule has 150 valence electrons. The molecule has 1 aromatic heterocycles. The number of hydrogen-bond donors (Lipinski definition) is 1. The fourth-order valence-electron chi connectivity index (χ4n) is 3.68. The quantitative estimate of drug-likeness (QED) is 0.635. The maximum absolute atomic E-state index is 13.1. The third-order valence-electron chi connectivity index (χ3n) is 5.42. The van der Waals surface area contributed by atoms with Crippen LogP contribution in [0.15, 0.2) is 59.9 Å². The van der Waals surface area contributed by atoms with E-state index in [0.29, 0.717) is 23.3 Å². The highest BCUT2D eigenvalue weighted by molar-refractivity contribution is 6.32. The van der Waals surface area contributed by atoms with Crippen LogP contribution in [0.1, 0.15) is 18.4 Å². The number of benzene rings is 2. The number of halogens is 2. The minimum Gasteiger partial charge on any atom is -0.492 e. The summed E-state index contributed by atoms with van der Waals surface area (Å²) < 4.78 is 18.9. The predicted molar refractivity (Wildman–Crippen MR) is 115 cm³/mol. The second-order valence-corrected chi connectivity index (χ2v) is 7.79. The lowest BCUT2D eigenvalue weighted by atomic mass is 9.96. The van der Waals surface area contributed by atoms with Gasteiger partial charge in [-0.3, -0.25) is 4.79 Å². The molecule has 1 saturated heterocycles. The first-order chi connectivity index (χ1) is 14.0. The summed E-state index contributed by atoms with van der Waals surface area (Å²) >= 11 is 6.02. The van der Waals surface area contributed by atoms with Gasteiger partial charge in [-0.15, -0.1) is 0 Å². The molecule has 1 aliphatic rings. The number of aromatic amines is 1. The van der Waals surface area contributed by atoms with E-state index in [1.807, 2.05) is 24.3 Å². The van der Waals surface area contributed by atoms with E-state index < -0.39 is 0 Å². The normalized spacial score (nSPS) is 14.9. The van der Waals surface area contributed by atoms with Crippen molar-refractivity contribution in [3.63, 3.8) is 0 Å². The molecule has 1 fully saturated rings. The molecule has 29 heavy (non-hydrogen) atoms. The monoisotopic (exact) mass is 412 g/mol. The van der Waals surface area contributed by atoms with Gasteiger partial charge in [-0.05, 0) is 60.0 Å². The Kier molecular flexibility index (Phi) is 5.58. The van der Waals surface area contributed by atoms with Crippen molar-refractivity contribution in [1.82, 2.24) is 9.88 Å². The molecule has 6 heteroatoms. The van der Waals surface area contributed by atoms with E-state index in [4.69, 9.17) is 16.3 Å². The molecule has 0 unspecified atom stereocenters. The SMILES string of the molecule is C=C(c1ccc2ccc(=O)[nH]c2c1)N1CCC(COc2ccc(F)cc2Cl)CC1. The molecule has 4 nitrogen and oxygen atoms in total. The molecule has 1 N–H and O–H groups in total. The van der Waals surface area contributed by atoms with Crippen LogP contribution in [0, 0.1) is 11.7 Å². The lowest BCUT2D eigenvalue weighted by Gasteiger charge is -2.34. The van der Waals surface area contributed by atoms with Crippen molar-refractivity contribution in [3.05, 3.63) is 81.9 Å². The molecule has 2 heterocycles. The maximum atomic E-state index is 13.1. The average molecular weight is 413 g/mol. The summed E-state index contributed by atoms with van der Waals surface area (Å²) in [5.74, 6) is 0.560. The van der Waals surface area contributed by atoms with Crippen molar-refractivity contribution in [1.29, 1.82) is 0 Å². The Morgan fingerprint density at radius 2 is 1.93 bits per heavy atom. The van der Waals surface area contributed by atoms with Gasteiger partial charge in [0.1, 0.15) is 11.6 Å². The highest BCUT2D eigenvalue weighted by atomic mass is 35.5. The number of aromatic nitrogens is 1. The highest BCUT2D eigenvalue weighted by Gasteiger charge is 2.21. The summed E-state index contributed by atoms with van der Waals surface area (Å²) in [6.45, 7) is 6.59. The van der Waals surface area contributed by atoms with Crippen molar-refractivity contribution in [3.8, 4) is 5.75 Å². The van der Waals surface area contributed by atoms with E-state index in [-0.39, 0.29) is 11.4 Å². The van der Waals surface area contributed by atoms with Crippen molar-refractivity contribution in [2.24, 2.45) is 5.92 Å². The summed E-state index contributed by atoms with van der Waals surface area (Å²) in [6, 6.07) is 13.5. The number of pyridine rings is 1. The summed E-state index contributed by atoms with van der Waals surface area (Å²) in [7, 11) is 0. The molecule has 2 aromatic carbocycles. The first-order valence-electron chi connectivity index (χ1n) is 9.65. The number of likely N-dealkylation sites (tertiary alicyclic amines) is 1. The van der Waals surface area contributed by atoms with Gasteiger partial charge in [0.05, 0.1) is 11.6 Å². The van der Waals surface area contributed by atoms with Gasteiger partial charge in [-0.25, -0.2) is 4.39 Å². The van der Waals surface area contributed by atoms with Crippen LogP contribution in [0.2, 0.25) is 5.02 Å². The molecule has 0 aliphatic carbocycles. The molecule has 0 atom stereocenters. The van der Waals surface area contributed by atoms with Gasteiger partial charge in [0.15, 0.2) is 0 Å². The number of ether oxygens (including phenoxy) is 1. The van der Waals surface area contributed by atoms with Crippen LogP contribution >= 0.6 is 11.6 Å². The van der Waals surface area contributed by atoms with E-state index >= 15 is 0 Å². The Bertz CT molecular complexity index is 1100. The Labute approximate surface area is 173 Å². The number of H-pyrrole nitrogens is 1. The molecule has 0 saturated carbocycles. The third kappa shape index (κ3) is 4.46. The molecule has 0 bridgehead atoms. The zero-order valence-electron chi connectivity index (χ0n) is 16.0. The van der Waals surface area contributed by atoms with Crippen LogP contribution in [0.5, 0.6) is 5.75 Å². The summed E-state index contributed by atoms with van der Waals surface area (Å²) in [5.41, 5.74) is 2.67. The second kappa shape index (κ2) is 8.29. The molecule has 3 aromatic rings. The lowest BCUT2D eigenvalue weighted by molar-refractivity contribution is 0.176. The second-order valence-electron chi connectivity index (χ2n) is 7.39. The van der Waals surface area contributed by atoms with Crippen LogP contribution in [0.4, 0.5) is 4.39 Å². The number of nitrogens with zero attached hydrogens (tertiary/aromatic N) is 1. The zero-order valence-corrected chi connectivity index (χ0v) is 16.7. The number of nitrogens with one attached hydrogen (secondary N) is 1. The van der Waals surface area contributed by atoms with Crippen molar-refractivity contribution in [2.75, 3.05) is 19.7 Å². The predicted octanol–water partition coefficient (Wildman–Crippen LogP) is 5.08. The van der Waals surface area contributed by atoms with E-state index in [1.165, 1.54) is 18.2 Å². The van der Waals surface area contributed by atoms with Crippen LogP contribution in [-0.4, -0.2) is 29.6 Å². The zero-order chi connectivity index (χ0) is 20.4. The topological polar surface area (TPSA) is 45.3 Å². The molecule has 0 spiro atoms. The summed E-state index contributed by atoms with van der Waals surface area (Å²) in [4.78, 5) is 16.7. The lowest BCUT2D eigenvalue weighted by Crippen LogP contribution is -2.34. The van der Waals surface area contributed by atoms with Crippen LogP contribution in [0.3, 0.4) is 0 Å². The van der Waals surface area contributed by atoms with Crippen molar-refractivity contribution in [2.45, 2.75) is 12.8 Å². The van der Waals surface area contributed by atoms with Gasteiger partial charge >= 0.3 is 0 Å². The third-order valence-corrected chi connectivity index (χ3v) is 5.72. The maximum Gasteiger partial charge on any atom is 0.248 e. The minimum atomic E-state index is -0.369. The Hall–Kier alpha value is -2.79. The van der Waals surface area contributed by atoms with Gasteiger partial charge in [0.25, 0.3) is 0 Å². The first kappa shape index (κ1) is 19.5. The highest BCUT2D eigenvalue weighted by Crippen LogP contribution is 2.29.